The van der Waals surface area contributed by atoms with Gasteiger partial charge in [-0.2, -0.15) is 0 Å². The van der Waals surface area contributed by atoms with E-state index in [0.29, 0.717) is 10.0 Å². The Bertz CT molecular complexity index is 121. The Morgan fingerprint density at radius 2 is 2.36 bits per heavy atom. The zero-order valence-electron chi connectivity index (χ0n) is 7.22. The molecular weight excluding hydrogens is 253 g/mol. The maximum absolute atomic E-state index is 5.39. The first-order valence-electron chi connectivity index (χ1n) is 4.17. The molecule has 0 bridgehead atoms. The molecule has 11 heavy (non-hydrogen) atoms. The quantitative estimate of drug-likeness (QED) is 0.557. The first-order valence-corrected chi connectivity index (χ1v) is 5.41. The van der Waals surface area contributed by atoms with Crippen LogP contribution in [0.25, 0.3) is 0 Å². The number of likely N-dealkylation sites (N-methyl/N-ethyl adjacent to an activating group) is 1. The summed E-state index contributed by atoms with van der Waals surface area (Å²) in [5.41, 5.74) is 0. The zero-order valence-corrected chi connectivity index (χ0v) is 9.37. The number of nitrogens with zero attached hydrogens (tertiary/aromatic N) is 1. The summed E-state index contributed by atoms with van der Waals surface area (Å²) in [6, 6.07) is 0. The molecule has 0 radical (unpaired) electrons. The summed E-state index contributed by atoms with van der Waals surface area (Å²) in [6.07, 6.45) is 1.72. The zero-order chi connectivity index (χ0) is 8.27. The molecule has 1 fully saturated rings. The van der Waals surface area contributed by atoms with Crippen LogP contribution in [-0.2, 0) is 4.74 Å². The van der Waals surface area contributed by atoms with Crippen molar-refractivity contribution in [2.45, 2.75) is 23.4 Å². The Hall–Kier alpha value is 0.650. The van der Waals surface area contributed by atoms with E-state index in [2.05, 4.69) is 34.4 Å². The summed E-state index contributed by atoms with van der Waals surface area (Å²) in [5.74, 6) is 0. The van der Waals surface area contributed by atoms with E-state index in [4.69, 9.17) is 4.74 Å². The van der Waals surface area contributed by atoms with E-state index in [9.17, 15) is 0 Å². The smallest absolute Gasteiger partial charge is 0.0815 e. The number of hydrogen-bond acceptors (Lipinski definition) is 2. The molecule has 0 N–H and O–H groups in total. The monoisotopic (exact) mass is 269 g/mol. The predicted octanol–water partition coefficient (Wildman–Crippen LogP) is 1.53. The van der Waals surface area contributed by atoms with Crippen molar-refractivity contribution in [3.63, 3.8) is 0 Å². The van der Waals surface area contributed by atoms with Crippen LogP contribution in [0.1, 0.15) is 13.3 Å². The van der Waals surface area contributed by atoms with Gasteiger partial charge in [0.05, 0.1) is 6.10 Å². The Morgan fingerprint density at radius 3 is 2.91 bits per heavy atom. The Morgan fingerprint density at radius 1 is 1.64 bits per heavy atom. The van der Waals surface area contributed by atoms with Gasteiger partial charge in [0.1, 0.15) is 0 Å². The van der Waals surface area contributed by atoms with Crippen molar-refractivity contribution in [2.75, 3.05) is 26.7 Å². The van der Waals surface area contributed by atoms with E-state index in [1.807, 2.05) is 7.11 Å². The fourth-order valence-corrected chi connectivity index (χ4v) is 2.26. The van der Waals surface area contributed by atoms with Crippen molar-refractivity contribution in [2.24, 2.45) is 0 Å². The lowest BCUT2D eigenvalue weighted by atomic mass is 10.1. The molecule has 0 saturated carbocycles. The van der Waals surface area contributed by atoms with E-state index < -0.39 is 0 Å². The average Bonchev–Trinajstić information content (AvgIpc) is 2.05. The van der Waals surface area contributed by atoms with Crippen LogP contribution in [-0.4, -0.2) is 41.7 Å². The number of halogens is 1. The van der Waals surface area contributed by atoms with E-state index in [1.54, 1.807) is 0 Å². The molecule has 2 unspecified atom stereocenters. The second-order valence-corrected chi connectivity index (χ2v) is 4.57. The molecule has 0 aliphatic carbocycles. The standard InChI is InChI=1S/C8H16INO/c1-3-10-5-4-7(9)8(6-10)11-2/h7-8H,3-6H2,1-2H3. The fraction of sp³-hybridized carbons (Fsp3) is 1.00. The van der Waals surface area contributed by atoms with Crippen molar-refractivity contribution in [1.29, 1.82) is 0 Å². The van der Waals surface area contributed by atoms with Gasteiger partial charge in [0.2, 0.25) is 0 Å². The minimum absolute atomic E-state index is 0.448. The molecule has 1 aliphatic rings. The first kappa shape index (κ1) is 9.74. The molecule has 2 atom stereocenters. The number of hydrogen-bond donors (Lipinski definition) is 0. The van der Waals surface area contributed by atoms with Gasteiger partial charge in [0.15, 0.2) is 0 Å². The summed E-state index contributed by atoms with van der Waals surface area (Å²) in [6.45, 7) is 5.72. The van der Waals surface area contributed by atoms with Gasteiger partial charge < -0.3 is 9.64 Å². The summed E-state index contributed by atoms with van der Waals surface area (Å²) in [5, 5.41) is 0. The Balaban J connectivity index is 2.37. The van der Waals surface area contributed by atoms with Crippen LogP contribution in [0.15, 0.2) is 0 Å². The summed E-state index contributed by atoms with van der Waals surface area (Å²) in [4.78, 5) is 2.45. The lowest BCUT2D eigenvalue weighted by Gasteiger charge is -2.34. The van der Waals surface area contributed by atoms with E-state index in [0.717, 1.165) is 13.1 Å². The summed E-state index contributed by atoms with van der Waals surface area (Å²) >= 11 is 2.49. The topological polar surface area (TPSA) is 12.5 Å². The van der Waals surface area contributed by atoms with Gasteiger partial charge in [-0.25, -0.2) is 0 Å². The van der Waals surface area contributed by atoms with Gasteiger partial charge in [0, 0.05) is 17.6 Å². The molecule has 1 saturated heterocycles. The molecule has 1 heterocycles. The normalized spacial score (nSPS) is 34.1. The molecule has 2 nitrogen and oxygen atoms in total. The molecule has 3 heteroatoms. The number of methoxy groups -OCH3 is 1. The highest BCUT2D eigenvalue weighted by Gasteiger charge is 2.25. The van der Waals surface area contributed by atoms with Crippen LogP contribution < -0.4 is 0 Å². The molecule has 0 aromatic heterocycles. The van der Waals surface area contributed by atoms with Crippen LogP contribution in [0.3, 0.4) is 0 Å². The molecule has 0 aromatic rings. The molecular formula is C8H16INO. The number of ether oxygens (including phenoxy) is 1. The highest BCUT2D eigenvalue weighted by atomic mass is 127. The number of alkyl halides is 1. The van der Waals surface area contributed by atoms with Crippen LogP contribution in [0, 0.1) is 0 Å². The fourth-order valence-electron chi connectivity index (χ4n) is 1.46. The lowest BCUT2D eigenvalue weighted by Crippen LogP contribution is -2.44. The van der Waals surface area contributed by atoms with Gasteiger partial charge in [-0.1, -0.05) is 29.5 Å². The molecule has 0 spiro atoms. The van der Waals surface area contributed by atoms with Crippen LogP contribution in [0.2, 0.25) is 0 Å². The SMILES string of the molecule is CCN1CCC(I)C(OC)C1. The summed E-state index contributed by atoms with van der Waals surface area (Å²) in [7, 11) is 1.81. The molecule has 0 amide bonds. The lowest BCUT2D eigenvalue weighted by molar-refractivity contribution is 0.0423. The van der Waals surface area contributed by atoms with Gasteiger partial charge in [-0.05, 0) is 19.5 Å². The van der Waals surface area contributed by atoms with Gasteiger partial charge in [0.25, 0.3) is 0 Å². The van der Waals surface area contributed by atoms with E-state index in [-0.39, 0.29) is 0 Å². The van der Waals surface area contributed by atoms with Gasteiger partial charge >= 0.3 is 0 Å². The van der Waals surface area contributed by atoms with Crippen LogP contribution in [0.5, 0.6) is 0 Å². The van der Waals surface area contributed by atoms with Crippen molar-refractivity contribution in [3.8, 4) is 0 Å². The minimum atomic E-state index is 0.448. The second-order valence-electron chi connectivity index (χ2n) is 2.97. The first-order chi connectivity index (χ1) is 5.27. The molecule has 1 rings (SSSR count). The van der Waals surface area contributed by atoms with Crippen LogP contribution in [0.4, 0.5) is 0 Å². The third-order valence-corrected chi connectivity index (χ3v) is 3.74. The number of piperidine rings is 1. The third-order valence-electron chi connectivity index (χ3n) is 2.31. The molecule has 0 aromatic carbocycles. The van der Waals surface area contributed by atoms with E-state index in [1.165, 1.54) is 13.0 Å². The van der Waals surface area contributed by atoms with E-state index >= 15 is 0 Å². The average molecular weight is 269 g/mol. The van der Waals surface area contributed by atoms with Gasteiger partial charge in [-0.3, -0.25) is 0 Å². The van der Waals surface area contributed by atoms with Crippen molar-refractivity contribution >= 4 is 22.6 Å². The molecule has 66 valence electrons. The highest BCUT2D eigenvalue weighted by molar-refractivity contribution is 14.1. The summed E-state index contributed by atoms with van der Waals surface area (Å²) < 4.78 is 6.10. The maximum Gasteiger partial charge on any atom is 0.0815 e. The Labute approximate surface area is 82.4 Å². The number of rotatable bonds is 2. The highest BCUT2D eigenvalue weighted by Crippen LogP contribution is 2.20. The second kappa shape index (κ2) is 4.62. The predicted molar refractivity (Wildman–Crippen MR) is 55.3 cm³/mol. The van der Waals surface area contributed by atoms with Crippen LogP contribution >= 0.6 is 22.6 Å². The maximum atomic E-state index is 5.39. The minimum Gasteiger partial charge on any atom is -0.379 e. The van der Waals surface area contributed by atoms with Crippen molar-refractivity contribution in [3.05, 3.63) is 0 Å². The number of likely N-dealkylation sites (tertiary alicyclic amines) is 1. The third kappa shape index (κ3) is 2.56. The Kier molecular flexibility index (Phi) is 4.09. The van der Waals surface area contributed by atoms with Crippen molar-refractivity contribution < 1.29 is 4.74 Å². The largest absolute Gasteiger partial charge is 0.379 e. The van der Waals surface area contributed by atoms with Crippen molar-refractivity contribution in [1.82, 2.24) is 4.90 Å². The molecule has 1 aliphatic heterocycles. The van der Waals surface area contributed by atoms with Gasteiger partial charge in [-0.15, -0.1) is 0 Å².